The van der Waals surface area contributed by atoms with Crippen LogP contribution in [0.1, 0.15) is 23.5 Å². The van der Waals surface area contributed by atoms with Crippen molar-refractivity contribution in [2.45, 2.75) is 30.2 Å². The molecular weight excluding hydrogens is 368 g/mol. The first-order valence-corrected chi connectivity index (χ1v) is 11.2. The Morgan fingerprint density at radius 1 is 0.964 bits per heavy atom. The molecule has 4 nitrogen and oxygen atoms in total. The second-order valence-electron chi connectivity index (χ2n) is 8.10. The number of piperidine rings is 1. The number of aryl methyl sites for hydroxylation is 1. The Kier molecular flexibility index (Phi) is 4.00. The number of sulfonamides is 1. The van der Waals surface area contributed by atoms with E-state index in [1.807, 2.05) is 42.5 Å². The van der Waals surface area contributed by atoms with E-state index >= 15 is 0 Å². The van der Waals surface area contributed by atoms with Gasteiger partial charge in [0.25, 0.3) is 10.0 Å². The van der Waals surface area contributed by atoms with Crippen LogP contribution in [0.2, 0.25) is 0 Å². The van der Waals surface area contributed by atoms with Crippen LogP contribution >= 0.6 is 0 Å². The molecular formula is C23H24N2O2S. The lowest BCUT2D eigenvalue weighted by atomic mass is 9.89. The van der Waals surface area contributed by atoms with Crippen molar-refractivity contribution in [3.05, 3.63) is 71.8 Å². The molecule has 5 heteroatoms. The van der Waals surface area contributed by atoms with Crippen LogP contribution < -0.4 is 4.31 Å². The molecule has 2 aliphatic rings. The minimum Gasteiger partial charge on any atom is -0.306 e. The van der Waals surface area contributed by atoms with Gasteiger partial charge in [-0.25, -0.2) is 8.42 Å². The Balaban J connectivity index is 1.66. The molecule has 0 bridgehead atoms. The van der Waals surface area contributed by atoms with Gasteiger partial charge in [-0.05, 0) is 61.5 Å². The van der Waals surface area contributed by atoms with Gasteiger partial charge in [0.2, 0.25) is 0 Å². The van der Waals surface area contributed by atoms with E-state index in [0.717, 1.165) is 36.0 Å². The highest BCUT2D eigenvalue weighted by Gasteiger charge is 2.46. The number of fused-ring (bicyclic) bond motifs is 4. The Bertz CT molecular complexity index is 1170. The third-order valence-corrected chi connectivity index (χ3v) is 8.01. The molecule has 2 atom stereocenters. The molecule has 2 aliphatic heterocycles. The van der Waals surface area contributed by atoms with Crippen LogP contribution in [-0.4, -0.2) is 39.5 Å². The van der Waals surface area contributed by atoms with E-state index in [-0.39, 0.29) is 12.0 Å². The van der Waals surface area contributed by atoms with Gasteiger partial charge >= 0.3 is 0 Å². The smallest absolute Gasteiger partial charge is 0.264 e. The maximum absolute atomic E-state index is 13.8. The fourth-order valence-corrected chi connectivity index (χ4v) is 6.57. The molecule has 0 saturated carbocycles. The Morgan fingerprint density at radius 3 is 2.57 bits per heavy atom. The molecule has 2 unspecified atom stereocenters. The van der Waals surface area contributed by atoms with Gasteiger partial charge in [-0.15, -0.1) is 0 Å². The van der Waals surface area contributed by atoms with Gasteiger partial charge in [0, 0.05) is 12.5 Å². The van der Waals surface area contributed by atoms with Crippen molar-refractivity contribution in [1.82, 2.24) is 4.90 Å². The standard InChI is InChI=1S/C23H24N2O2S/c1-16-7-10-22-20(13-16)21-15-24(2)12-11-23(21)25(22)28(26,27)19-9-8-17-5-3-4-6-18(17)14-19/h3-10,13-14,21,23H,11-12,15H2,1-2H3. The molecule has 1 fully saturated rings. The highest BCUT2D eigenvalue weighted by atomic mass is 32.2. The van der Waals surface area contributed by atoms with Crippen molar-refractivity contribution in [3.8, 4) is 0 Å². The van der Waals surface area contributed by atoms with Gasteiger partial charge in [-0.3, -0.25) is 4.31 Å². The summed E-state index contributed by atoms with van der Waals surface area (Å²) < 4.78 is 29.3. The summed E-state index contributed by atoms with van der Waals surface area (Å²) in [4.78, 5) is 2.68. The van der Waals surface area contributed by atoms with Gasteiger partial charge in [0.05, 0.1) is 16.6 Å². The van der Waals surface area contributed by atoms with Crippen LogP contribution in [0.15, 0.2) is 65.6 Å². The van der Waals surface area contributed by atoms with Crippen LogP contribution in [0.25, 0.3) is 10.8 Å². The number of likely N-dealkylation sites (tertiary alicyclic amines) is 1. The molecule has 0 spiro atoms. The molecule has 1 saturated heterocycles. The Hall–Kier alpha value is -2.37. The third kappa shape index (κ3) is 2.65. The number of hydrogen-bond donors (Lipinski definition) is 0. The van der Waals surface area contributed by atoms with Crippen LogP contribution in [0, 0.1) is 6.92 Å². The molecule has 0 amide bonds. The second-order valence-corrected chi connectivity index (χ2v) is 9.91. The molecule has 0 N–H and O–H groups in total. The van der Waals surface area contributed by atoms with Crippen LogP contribution in [0.3, 0.4) is 0 Å². The van der Waals surface area contributed by atoms with Gasteiger partial charge in [0.15, 0.2) is 0 Å². The maximum Gasteiger partial charge on any atom is 0.264 e. The Morgan fingerprint density at radius 2 is 1.75 bits per heavy atom. The average Bonchev–Trinajstić information content (AvgIpc) is 3.01. The fraction of sp³-hybridized carbons (Fsp3) is 0.304. The number of hydrogen-bond acceptors (Lipinski definition) is 3. The second kappa shape index (κ2) is 6.33. The first-order chi connectivity index (χ1) is 13.4. The van der Waals surface area contributed by atoms with Crippen molar-refractivity contribution in [1.29, 1.82) is 0 Å². The molecule has 3 aromatic carbocycles. The van der Waals surface area contributed by atoms with E-state index in [0.29, 0.717) is 4.90 Å². The molecule has 0 radical (unpaired) electrons. The first-order valence-electron chi connectivity index (χ1n) is 9.77. The van der Waals surface area contributed by atoms with E-state index in [4.69, 9.17) is 0 Å². The van der Waals surface area contributed by atoms with Crippen molar-refractivity contribution < 1.29 is 8.42 Å². The maximum atomic E-state index is 13.8. The monoisotopic (exact) mass is 392 g/mol. The molecule has 144 valence electrons. The highest BCUT2D eigenvalue weighted by molar-refractivity contribution is 7.93. The zero-order valence-corrected chi connectivity index (χ0v) is 17.0. The summed E-state index contributed by atoms with van der Waals surface area (Å²) in [6.07, 6.45) is 0.849. The number of likely N-dealkylation sites (N-methyl/N-ethyl adjacent to an activating group) is 1. The van der Waals surface area contributed by atoms with Crippen LogP contribution in [-0.2, 0) is 10.0 Å². The van der Waals surface area contributed by atoms with Gasteiger partial charge in [0.1, 0.15) is 0 Å². The molecule has 28 heavy (non-hydrogen) atoms. The first kappa shape index (κ1) is 17.7. The minimum absolute atomic E-state index is 0.00975. The normalized spacial score (nSPS) is 22.3. The van der Waals surface area contributed by atoms with Crippen molar-refractivity contribution in [3.63, 3.8) is 0 Å². The summed E-state index contributed by atoms with van der Waals surface area (Å²) >= 11 is 0. The van der Waals surface area contributed by atoms with Crippen LogP contribution in [0.4, 0.5) is 5.69 Å². The van der Waals surface area contributed by atoms with Crippen molar-refractivity contribution in [2.75, 3.05) is 24.4 Å². The summed E-state index contributed by atoms with van der Waals surface area (Å²) in [5.74, 6) is 0.226. The molecule has 0 aliphatic carbocycles. The lowest BCUT2D eigenvalue weighted by Crippen LogP contribution is -2.47. The van der Waals surface area contributed by atoms with Crippen LogP contribution in [0.5, 0.6) is 0 Å². The molecule has 5 rings (SSSR count). The van der Waals surface area contributed by atoms with E-state index in [1.54, 1.807) is 16.4 Å². The summed E-state index contributed by atoms with van der Waals surface area (Å²) in [6, 6.07) is 19.5. The minimum atomic E-state index is -3.63. The summed E-state index contributed by atoms with van der Waals surface area (Å²) in [6.45, 7) is 3.88. The number of rotatable bonds is 2. The lowest BCUT2D eigenvalue weighted by molar-refractivity contribution is 0.237. The SMILES string of the molecule is Cc1ccc2c(c1)C1CN(C)CCC1N2S(=O)(=O)c1ccc2ccccc2c1. The zero-order valence-electron chi connectivity index (χ0n) is 16.2. The van der Waals surface area contributed by atoms with E-state index < -0.39 is 10.0 Å². The summed E-state index contributed by atoms with van der Waals surface area (Å²) in [7, 11) is -1.51. The number of anilines is 1. The molecule has 2 heterocycles. The zero-order chi connectivity index (χ0) is 19.5. The van der Waals surface area contributed by atoms with Gasteiger partial charge < -0.3 is 4.90 Å². The van der Waals surface area contributed by atoms with E-state index in [9.17, 15) is 8.42 Å². The van der Waals surface area contributed by atoms with Gasteiger partial charge in [-0.1, -0.05) is 48.0 Å². The molecule has 0 aromatic heterocycles. The van der Waals surface area contributed by atoms with E-state index in [2.05, 4.69) is 24.9 Å². The fourth-order valence-electron chi connectivity index (χ4n) is 4.79. The van der Waals surface area contributed by atoms with Crippen molar-refractivity contribution in [2.24, 2.45) is 0 Å². The van der Waals surface area contributed by atoms with E-state index in [1.165, 1.54) is 11.1 Å². The predicted octanol–water partition coefficient (Wildman–Crippen LogP) is 4.14. The summed E-state index contributed by atoms with van der Waals surface area (Å²) in [5.41, 5.74) is 3.20. The summed E-state index contributed by atoms with van der Waals surface area (Å²) in [5, 5.41) is 2.00. The van der Waals surface area contributed by atoms with Crippen molar-refractivity contribution >= 4 is 26.5 Å². The number of benzene rings is 3. The third-order valence-electron chi connectivity index (χ3n) is 6.18. The molecule has 3 aromatic rings. The van der Waals surface area contributed by atoms with Gasteiger partial charge in [-0.2, -0.15) is 0 Å². The quantitative estimate of drug-likeness (QED) is 0.658. The predicted molar refractivity (Wildman–Crippen MR) is 113 cm³/mol. The highest BCUT2D eigenvalue weighted by Crippen LogP contribution is 2.47. The number of nitrogens with zero attached hydrogens (tertiary/aromatic N) is 2. The lowest BCUT2D eigenvalue weighted by Gasteiger charge is -2.36. The largest absolute Gasteiger partial charge is 0.306 e. The Labute approximate surface area is 166 Å². The topological polar surface area (TPSA) is 40.6 Å². The average molecular weight is 393 g/mol.